The Balaban J connectivity index is 1.63. The molecule has 4 rings (SSSR count). The number of aryl methyl sites for hydroxylation is 1. The molecule has 1 atom stereocenters. The van der Waals surface area contributed by atoms with Gasteiger partial charge in [-0.25, -0.2) is 0 Å². The lowest BCUT2D eigenvalue weighted by atomic mass is 9.95. The highest BCUT2D eigenvalue weighted by atomic mass is 16.2. The summed E-state index contributed by atoms with van der Waals surface area (Å²) in [6.45, 7) is 2.03. The number of nitrogens with one attached hydrogen (secondary N) is 2. The summed E-state index contributed by atoms with van der Waals surface area (Å²) in [7, 11) is 0. The van der Waals surface area contributed by atoms with Gasteiger partial charge in [0, 0.05) is 18.6 Å². The van der Waals surface area contributed by atoms with Crippen LogP contribution in [0.1, 0.15) is 33.2 Å². The Hall–Kier alpha value is -3.80. The van der Waals surface area contributed by atoms with E-state index in [2.05, 4.69) is 25.5 Å². The lowest BCUT2D eigenvalue weighted by Gasteiger charge is -2.21. The van der Waals surface area contributed by atoms with Gasteiger partial charge >= 0.3 is 0 Å². The molecule has 1 aromatic carbocycles. The molecule has 0 fully saturated rings. The van der Waals surface area contributed by atoms with Crippen LogP contribution in [0.15, 0.2) is 79.3 Å². The van der Waals surface area contributed by atoms with Gasteiger partial charge in [-0.1, -0.05) is 30.3 Å². The van der Waals surface area contributed by atoms with Crippen molar-refractivity contribution in [2.24, 2.45) is 0 Å². The largest absolute Gasteiger partial charge is 0.340 e. The second-order valence-corrected chi connectivity index (χ2v) is 6.43. The number of hydrogen-bond donors (Lipinski definition) is 2. The van der Waals surface area contributed by atoms with Crippen LogP contribution in [0.4, 0.5) is 0 Å². The normalized spacial score (nSPS) is 11.8. The number of rotatable bonds is 5. The Labute approximate surface area is 162 Å². The first-order valence-corrected chi connectivity index (χ1v) is 8.95. The zero-order chi connectivity index (χ0) is 19.3. The third-order valence-corrected chi connectivity index (χ3v) is 4.56. The summed E-state index contributed by atoms with van der Waals surface area (Å²) in [6, 6.07) is 18.8. The highest BCUT2D eigenvalue weighted by Gasteiger charge is 2.20. The zero-order valence-electron chi connectivity index (χ0n) is 15.3. The van der Waals surface area contributed by atoms with E-state index in [-0.39, 0.29) is 11.9 Å². The summed E-state index contributed by atoms with van der Waals surface area (Å²) in [5.74, 6) is -0.236. The average molecular weight is 369 g/mol. The predicted molar refractivity (Wildman–Crippen MR) is 107 cm³/mol. The topological polar surface area (TPSA) is 83.6 Å². The molecule has 6 heteroatoms. The van der Waals surface area contributed by atoms with Crippen LogP contribution >= 0.6 is 0 Å². The van der Waals surface area contributed by atoms with Crippen molar-refractivity contribution in [3.8, 4) is 11.4 Å². The highest BCUT2D eigenvalue weighted by Crippen LogP contribution is 2.25. The molecular formula is C22H19N5O. The predicted octanol–water partition coefficient (Wildman–Crippen LogP) is 3.69. The molecule has 0 aliphatic rings. The van der Waals surface area contributed by atoms with Crippen LogP contribution in [0, 0.1) is 6.92 Å². The van der Waals surface area contributed by atoms with Crippen molar-refractivity contribution >= 4 is 5.91 Å². The second-order valence-electron chi connectivity index (χ2n) is 6.43. The van der Waals surface area contributed by atoms with Gasteiger partial charge in [0.25, 0.3) is 5.91 Å². The van der Waals surface area contributed by atoms with Gasteiger partial charge in [-0.05, 0) is 53.9 Å². The minimum absolute atomic E-state index is 0.236. The molecule has 28 heavy (non-hydrogen) atoms. The number of nitrogens with zero attached hydrogens (tertiary/aromatic N) is 3. The summed E-state index contributed by atoms with van der Waals surface area (Å²) < 4.78 is 0. The molecule has 0 radical (unpaired) electrons. The van der Waals surface area contributed by atoms with Gasteiger partial charge in [-0.3, -0.25) is 19.9 Å². The Morgan fingerprint density at radius 2 is 1.75 bits per heavy atom. The molecule has 2 N–H and O–H groups in total. The lowest BCUT2D eigenvalue weighted by molar-refractivity contribution is 0.0938. The molecule has 0 saturated carbocycles. The van der Waals surface area contributed by atoms with Gasteiger partial charge < -0.3 is 5.32 Å². The SMILES string of the molecule is Cc1ccccc1[C@H](NC(=O)c1cc(-c2ccccn2)n[nH]1)c1ccncc1. The van der Waals surface area contributed by atoms with Crippen molar-refractivity contribution in [2.45, 2.75) is 13.0 Å². The summed E-state index contributed by atoms with van der Waals surface area (Å²) >= 11 is 0. The van der Waals surface area contributed by atoms with Crippen LogP contribution in [0.2, 0.25) is 0 Å². The molecule has 3 aromatic heterocycles. The maximum atomic E-state index is 12.9. The number of amides is 1. The van der Waals surface area contributed by atoms with Gasteiger partial charge in [0.15, 0.2) is 0 Å². The molecule has 3 heterocycles. The maximum absolute atomic E-state index is 12.9. The van der Waals surface area contributed by atoms with Crippen molar-refractivity contribution in [1.82, 2.24) is 25.5 Å². The number of benzene rings is 1. The van der Waals surface area contributed by atoms with Crippen molar-refractivity contribution < 1.29 is 4.79 Å². The van der Waals surface area contributed by atoms with Gasteiger partial charge in [0.2, 0.25) is 0 Å². The third kappa shape index (κ3) is 3.66. The fourth-order valence-corrected chi connectivity index (χ4v) is 3.10. The Morgan fingerprint density at radius 3 is 2.50 bits per heavy atom. The fraction of sp³-hybridized carbons (Fsp3) is 0.0909. The monoisotopic (exact) mass is 369 g/mol. The highest BCUT2D eigenvalue weighted by molar-refractivity contribution is 5.93. The van der Waals surface area contributed by atoms with Crippen molar-refractivity contribution in [1.29, 1.82) is 0 Å². The molecule has 4 aromatic rings. The van der Waals surface area contributed by atoms with Gasteiger partial charge in [-0.15, -0.1) is 0 Å². The Morgan fingerprint density at radius 1 is 0.964 bits per heavy atom. The lowest BCUT2D eigenvalue weighted by Crippen LogP contribution is -2.30. The van der Waals surface area contributed by atoms with E-state index in [9.17, 15) is 4.79 Å². The standard InChI is InChI=1S/C22H19N5O/c1-15-6-2-3-7-17(15)21(16-9-12-23-13-10-16)25-22(28)20-14-19(26-27-20)18-8-4-5-11-24-18/h2-14,21H,1H3,(H,25,28)(H,26,27)/t21-/m1/s1. The van der Waals surface area contributed by atoms with E-state index < -0.39 is 0 Å². The maximum Gasteiger partial charge on any atom is 0.270 e. The smallest absolute Gasteiger partial charge is 0.270 e. The van der Waals surface area contributed by atoms with E-state index in [1.807, 2.05) is 61.5 Å². The van der Waals surface area contributed by atoms with Crippen LogP contribution in [0.5, 0.6) is 0 Å². The van der Waals surface area contributed by atoms with Gasteiger partial charge in [0.05, 0.1) is 11.7 Å². The number of pyridine rings is 2. The van der Waals surface area contributed by atoms with Gasteiger partial charge in [0.1, 0.15) is 11.4 Å². The zero-order valence-corrected chi connectivity index (χ0v) is 15.3. The molecule has 0 bridgehead atoms. The van der Waals surface area contributed by atoms with E-state index in [1.165, 1.54) is 0 Å². The fourth-order valence-electron chi connectivity index (χ4n) is 3.10. The molecule has 1 amide bonds. The van der Waals surface area contributed by atoms with E-state index in [4.69, 9.17) is 0 Å². The number of aromatic nitrogens is 4. The van der Waals surface area contributed by atoms with Crippen molar-refractivity contribution in [3.63, 3.8) is 0 Å². The van der Waals surface area contributed by atoms with E-state index in [0.29, 0.717) is 17.1 Å². The summed E-state index contributed by atoms with van der Waals surface area (Å²) in [5, 5.41) is 10.1. The Kier molecular flexibility index (Phi) is 4.93. The number of carbonyl (C=O) groups excluding carboxylic acids is 1. The van der Waals surface area contributed by atoms with Crippen LogP contribution in [0.25, 0.3) is 11.4 Å². The molecular weight excluding hydrogens is 350 g/mol. The van der Waals surface area contributed by atoms with Gasteiger partial charge in [-0.2, -0.15) is 5.10 Å². The number of aromatic amines is 1. The summed E-state index contributed by atoms with van der Waals surface area (Å²) in [6.07, 6.45) is 5.14. The van der Waals surface area contributed by atoms with E-state index >= 15 is 0 Å². The first-order valence-electron chi connectivity index (χ1n) is 8.95. The van der Waals surface area contributed by atoms with Crippen LogP contribution in [-0.4, -0.2) is 26.1 Å². The first-order chi connectivity index (χ1) is 13.7. The first kappa shape index (κ1) is 17.6. The average Bonchev–Trinajstić information content (AvgIpc) is 3.24. The molecule has 0 aliphatic heterocycles. The van der Waals surface area contributed by atoms with Crippen molar-refractivity contribution in [3.05, 3.63) is 102 Å². The minimum atomic E-state index is -0.293. The number of H-pyrrole nitrogens is 1. The van der Waals surface area contributed by atoms with E-state index in [1.54, 1.807) is 24.7 Å². The number of hydrogen-bond acceptors (Lipinski definition) is 4. The van der Waals surface area contributed by atoms with E-state index in [0.717, 1.165) is 16.7 Å². The third-order valence-electron chi connectivity index (χ3n) is 4.56. The van der Waals surface area contributed by atoms with Crippen LogP contribution < -0.4 is 5.32 Å². The molecule has 0 saturated heterocycles. The van der Waals surface area contributed by atoms with Crippen LogP contribution in [0.3, 0.4) is 0 Å². The minimum Gasteiger partial charge on any atom is -0.340 e. The quantitative estimate of drug-likeness (QED) is 0.562. The molecule has 0 unspecified atom stereocenters. The van der Waals surface area contributed by atoms with Crippen molar-refractivity contribution in [2.75, 3.05) is 0 Å². The molecule has 0 spiro atoms. The summed E-state index contributed by atoms with van der Waals surface area (Å²) in [5.41, 5.74) is 4.81. The molecule has 138 valence electrons. The summed E-state index contributed by atoms with van der Waals surface area (Å²) in [4.78, 5) is 21.3. The molecule has 0 aliphatic carbocycles. The number of carbonyl (C=O) groups is 1. The van der Waals surface area contributed by atoms with Crippen LogP contribution in [-0.2, 0) is 0 Å². The molecule has 6 nitrogen and oxygen atoms in total. The Bertz CT molecular complexity index is 1080. The second kappa shape index (κ2) is 7.84.